The Morgan fingerprint density at radius 3 is 2.20 bits per heavy atom. The molecule has 2 aliphatic rings. The van der Waals surface area contributed by atoms with E-state index in [1.54, 1.807) is 16.4 Å². The van der Waals surface area contributed by atoms with E-state index in [0.717, 1.165) is 56.3 Å². The lowest BCUT2D eigenvalue weighted by Crippen LogP contribution is -2.39. The van der Waals surface area contributed by atoms with E-state index in [2.05, 4.69) is 12.1 Å². The zero-order valence-corrected chi connectivity index (χ0v) is 18.4. The highest BCUT2D eigenvalue weighted by molar-refractivity contribution is 7.89. The number of sulfonamides is 1. The minimum absolute atomic E-state index is 0.133. The summed E-state index contributed by atoms with van der Waals surface area (Å²) in [7, 11) is -3.42. The fourth-order valence-corrected chi connectivity index (χ4v) is 6.25. The second-order valence-electron chi connectivity index (χ2n) is 8.51. The molecule has 0 radical (unpaired) electrons. The van der Waals surface area contributed by atoms with Gasteiger partial charge in [-0.05, 0) is 74.3 Å². The maximum absolute atomic E-state index is 13.0. The minimum Gasteiger partial charge on any atom is -0.339 e. The highest BCUT2D eigenvalue weighted by atomic mass is 32.2. The van der Waals surface area contributed by atoms with Gasteiger partial charge in [0, 0.05) is 31.7 Å². The summed E-state index contributed by atoms with van der Waals surface area (Å²) in [6.07, 6.45) is 4.85. The SMILES string of the molecule is Cc1ccccc1S(=O)(=O)N1CCC(Cc2ccc(C(=O)N3CCCC3)cc2)CC1. The van der Waals surface area contributed by atoms with Crippen molar-refractivity contribution in [1.82, 2.24) is 9.21 Å². The minimum atomic E-state index is -3.42. The number of likely N-dealkylation sites (tertiary alicyclic amines) is 1. The number of rotatable bonds is 5. The Hall–Kier alpha value is -2.18. The molecule has 2 fully saturated rings. The van der Waals surface area contributed by atoms with Crippen LogP contribution in [0.15, 0.2) is 53.4 Å². The van der Waals surface area contributed by atoms with Crippen LogP contribution in [0.1, 0.15) is 47.2 Å². The standard InChI is InChI=1S/C24H30N2O3S/c1-19-6-2-3-7-23(19)30(28,29)26-16-12-21(13-17-26)18-20-8-10-22(11-9-20)24(27)25-14-4-5-15-25/h2-3,6-11,21H,4-5,12-18H2,1H3. The summed E-state index contributed by atoms with van der Waals surface area (Å²) in [6.45, 7) is 4.70. The summed E-state index contributed by atoms with van der Waals surface area (Å²) in [5.41, 5.74) is 2.77. The lowest BCUT2D eigenvalue weighted by molar-refractivity contribution is 0.0793. The van der Waals surface area contributed by atoms with Gasteiger partial charge in [0.2, 0.25) is 10.0 Å². The number of hydrogen-bond acceptors (Lipinski definition) is 3. The molecular formula is C24H30N2O3S. The monoisotopic (exact) mass is 426 g/mol. The van der Waals surface area contributed by atoms with Crippen LogP contribution < -0.4 is 0 Å². The number of aryl methyl sites for hydroxylation is 1. The maximum Gasteiger partial charge on any atom is 0.253 e. The molecule has 2 saturated heterocycles. The Morgan fingerprint density at radius 1 is 0.933 bits per heavy atom. The molecule has 5 nitrogen and oxygen atoms in total. The van der Waals surface area contributed by atoms with E-state index < -0.39 is 10.0 Å². The number of carbonyl (C=O) groups is 1. The van der Waals surface area contributed by atoms with Crippen LogP contribution >= 0.6 is 0 Å². The van der Waals surface area contributed by atoms with Gasteiger partial charge in [0.25, 0.3) is 5.91 Å². The fraction of sp³-hybridized carbons (Fsp3) is 0.458. The zero-order valence-electron chi connectivity index (χ0n) is 17.6. The first-order chi connectivity index (χ1) is 14.4. The summed E-state index contributed by atoms with van der Waals surface area (Å²) in [5.74, 6) is 0.599. The van der Waals surface area contributed by atoms with Crippen LogP contribution in [-0.2, 0) is 16.4 Å². The Balaban J connectivity index is 1.34. The van der Waals surface area contributed by atoms with Gasteiger partial charge in [-0.3, -0.25) is 4.79 Å². The molecular weight excluding hydrogens is 396 g/mol. The molecule has 0 aromatic heterocycles. The molecule has 2 heterocycles. The predicted molar refractivity (Wildman–Crippen MR) is 118 cm³/mol. The van der Waals surface area contributed by atoms with Crippen LogP contribution in [0.5, 0.6) is 0 Å². The van der Waals surface area contributed by atoms with Crippen LogP contribution in [0.25, 0.3) is 0 Å². The molecule has 6 heteroatoms. The normalized spacial score (nSPS) is 18.6. The lowest BCUT2D eigenvalue weighted by Gasteiger charge is -2.31. The van der Waals surface area contributed by atoms with E-state index in [1.165, 1.54) is 5.56 Å². The molecule has 0 N–H and O–H groups in total. The Bertz CT molecular complexity index is 987. The van der Waals surface area contributed by atoms with Crippen molar-refractivity contribution in [2.45, 2.75) is 43.9 Å². The average Bonchev–Trinajstić information content (AvgIpc) is 3.29. The van der Waals surface area contributed by atoms with Crippen molar-refractivity contribution in [3.63, 3.8) is 0 Å². The molecule has 4 rings (SSSR count). The Labute approximate surface area is 179 Å². The van der Waals surface area contributed by atoms with Crippen LogP contribution in [0.2, 0.25) is 0 Å². The van der Waals surface area contributed by atoms with Gasteiger partial charge in [-0.15, -0.1) is 0 Å². The smallest absolute Gasteiger partial charge is 0.253 e. The van der Waals surface area contributed by atoms with Gasteiger partial charge in [-0.25, -0.2) is 8.42 Å². The largest absolute Gasteiger partial charge is 0.339 e. The molecule has 2 aliphatic heterocycles. The molecule has 0 aliphatic carbocycles. The topological polar surface area (TPSA) is 57.7 Å². The van der Waals surface area contributed by atoms with Crippen LogP contribution in [0.4, 0.5) is 0 Å². The summed E-state index contributed by atoms with van der Waals surface area (Å²) >= 11 is 0. The van der Waals surface area contributed by atoms with Crippen LogP contribution in [0.3, 0.4) is 0 Å². The average molecular weight is 427 g/mol. The Kier molecular flexibility index (Phi) is 6.25. The lowest BCUT2D eigenvalue weighted by atomic mass is 9.90. The van der Waals surface area contributed by atoms with E-state index >= 15 is 0 Å². The van der Waals surface area contributed by atoms with Gasteiger partial charge in [-0.1, -0.05) is 30.3 Å². The van der Waals surface area contributed by atoms with Crippen molar-refractivity contribution >= 4 is 15.9 Å². The number of piperidine rings is 1. The second-order valence-corrected chi connectivity index (χ2v) is 10.4. The number of carbonyl (C=O) groups excluding carboxylic acids is 1. The number of benzene rings is 2. The first-order valence-electron chi connectivity index (χ1n) is 10.9. The van der Waals surface area contributed by atoms with Crippen molar-refractivity contribution in [1.29, 1.82) is 0 Å². The molecule has 2 aromatic rings. The van der Waals surface area contributed by atoms with Gasteiger partial charge >= 0.3 is 0 Å². The van der Waals surface area contributed by atoms with Crippen molar-refractivity contribution in [2.24, 2.45) is 5.92 Å². The van der Waals surface area contributed by atoms with Crippen LogP contribution in [-0.4, -0.2) is 49.7 Å². The third-order valence-electron chi connectivity index (χ3n) is 6.40. The third kappa shape index (κ3) is 4.44. The van der Waals surface area contributed by atoms with Gasteiger partial charge in [0.1, 0.15) is 0 Å². The molecule has 2 aromatic carbocycles. The van der Waals surface area contributed by atoms with Gasteiger partial charge in [0.05, 0.1) is 4.90 Å². The quantitative estimate of drug-likeness (QED) is 0.729. The maximum atomic E-state index is 13.0. The summed E-state index contributed by atoms with van der Waals surface area (Å²) in [4.78, 5) is 14.8. The Morgan fingerprint density at radius 2 is 1.57 bits per heavy atom. The highest BCUT2D eigenvalue weighted by Gasteiger charge is 2.30. The molecule has 0 atom stereocenters. The van der Waals surface area contributed by atoms with E-state index in [4.69, 9.17) is 0 Å². The van der Waals surface area contributed by atoms with Gasteiger partial charge in [0.15, 0.2) is 0 Å². The number of hydrogen-bond donors (Lipinski definition) is 0. The van der Waals surface area contributed by atoms with E-state index in [9.17, 15) is 13.2 Å². The van der Waals surface area contributed by atoms with Crippen molar-refractivity contribution < 1.29 is 13.2 Å². The first kappa shape index (κ1) is 21.1. The van der Waals surface area contributed by atoms with E-state index in [0.29, 0.717) is 23.9 Å². The van der Waals surface area contributed by atoms with E-state index in [-0.39, 0.29) is 5.91 Å². The molecule has 0 bridgehead atoms. The third-order valence-corrected chi connectivity index (χ3v) is 8.46. The highest BCUT2D eigenvalue weighted by Crippen LogP contribution is 2.27. The molecule has 0 unspecified atom stereocenters. The van der Waals surface area contributed by atoms with Crippen molar-refractivity contribution in [3.05, 3.63) is 65.2 Å². The molecule has 0 saturated carbocycles. The van der Waals surface area contributed by atoms with Crippen molar-refractivity contribution in [3.8, 4) is 0 Å². The number of nitrogens with zero attached hydrogens (tertiary/aromatic N) is 2. The fourth-order valence-electron chi connectivity index (χ4n) is 4.56. The summed E-state index contributed by atoms with van der Waals surface area (Å²) < 4.78 is 27.6. The first-order valence-corrected chi connectivity index (χ1v) is 12.3. The predicted octanol–water partition coefficient (Wildman–Crippen LogP) is 3.87. The van der Waals surface area contributed by atoms with Gasteiger partial charge in [-0.2, -0.15) is 4.31 Å². The summed E-state index contributed by atoms with van der Waals surface area (Å²) in [5, 5.41) is 0. The number of amides is 1. The summed E-state index contributed by atoms with van der Waals surface area (Å²) in [6, 6.07) is 15.2. The van der Waals surface area contributed by atoms with Crippen LogP contribution in [0, 0.1) is 12.8 Å². The second kappa shape index (κ2) is 8.90. The van der Waals surface area contributed by atoms with E-state index in [1.807, 2.05) is 36.1 Å². The molecule has 160 valence electrons. The van der Waals surface area contributed by atoms with Gasteiger partial charge < -0.3 is 4.90 Å². The zero-order chi connectivity index (χ0) is 21.1. The molecule has 0 spiro atoms. The molecule has 1 amide bonds. The van der Waals surface area contributed by atoms with Crippen molar-refractivity contribution in [2.75, 3.05) is 26.2 Å². The molecule has 30 heavy (non-hydrogen) atoms.